The fourth-order valence-corrected chi connectivity index (χ4v) is 3.38. The molecule has 0 aliphatic heterocycles. The number of carbonyl (C=O) groups is 1. The van der Waals surface area contributed by atoms with Gasteiger partial charge in [0.25, 0.3) is 5.91 Å². The molecule has 2 aromatic rings. The predicted molar refractivity (Wildman–Crippen MR) is 105 cm³/mol. The lowest BCUT2D eigenvalue weighted by atomic mass is 10.2. The summed E-state index contributed by atoms with van der Waals surface area (Å²) in [5, 5.41) is 3.38. The maximum atomic E-state index is 12.1. The highest BCUT2D eigenvalue weighted by atomic mass is 35.5. The summed E-state index contributed by atoms with van der Waals surface area (Å²) >= 11 is 5.81. The number of benzene rings is 2. The van der Waals surface area contributed by atoms with E-state index in [-0.39, 0.29) is 17.4 Å². The highest BCUT2D eigenvalue weighted by Gasteiger charge is 2.13. The smallest absolute Gasteiger partial charge is 0.258 e. The van der Waals surface area contributed by atoms with Crippen molar-refractivity contribution in [3.63, 3.8) is 0 Å². The zero-order chi connectivity index (χ0) is 19.7. The van der Waals surface area contributed by atoms with Gasteiger partial charge in [-0.2, -0.15) is 0 Å². The van der Waals surface area contributed by atoms with Crippen LogP contribution in [-0.2, 0) is 21.4 Å². The molecule has 0 saturated heterocycles. The van der Waals surface area contributed by atoms with Crippen molar-refractivity contribution in [1.29, 1.82) is 0 Å². The minimum absolute atomic E-state index is 0.158. The topological polar surface area (TPSA) is 84.5 Å². The molecule has 8 heteroatoms. The van der Waals surface area contributed by atoms with Gasteiger partial charge in [-0.15, -0.1) is 0 Å². The van der Waals surface area contributed by atoms with E-state index < -0.39 is 10.0 Å². The third-order valence-corrected chi connectivity index (χ3v) is 5.46. The molecule has 0 spiro atoms. The van der Waals surface area contributed by atoms with E-state index >= 15 is 0 Å². The Bertz CT molecular complexity index is 837. The van der Waals surface area contributed by atoms with Crippen molar-refractivity contribution >= 4 is 27.5 Å². The van der Waals surface area contributed by atoms with Crippen LogP contribution in [0.2, 0.25) is 5.02 Å². The lowest BCUT2D eigenvalue weighted by Crippen LogP contribution is -2.28. The average molecular weight is 411 g/mol. The van der Waals surface area contributed by atoms with Gasteiger partial charge in [0.2, 0.25) is 10.0 Å². The fourth-order valence-electron chi connectivity index (χ4n) is 2.18. The Kier molecular flexibility index (Phi) is 8.09. The normalized spacial score (nSPS) is 11.2. The molecule has 0 radical (unpaired) electrons. The number of unbranched alkanes of at least 4 members (excludes halogenated alkanes) is 1. The van der Waals surface area contributed by atoms with E-state index in [4.69, 9.17) is 16.3 Å². The largest absolute Gasteiger partial charge is 0.484 e. The maximum absolute atomic E-state index is 12.1. The quantitative estimate of drug-likeness (QED) is 0.589. The Labute approximate surface area is 164 Å². The molecule has 0 heterocycles. The minimum atomic E-state index is -3.52. The molecule has 2 aromatic carbocycles. The Balaban J connectivity index is 1.80. The number of amides is 1. The third-order valence-electron chi connectivity index (χ3n) is 3.73. The lowest BCUT2D eigenvalue weighted by Gasteiger charge is -2.09. The summed E-state index contributed by atoms with van der Waals surface area (Å²) < 4.78 is 32.1. The molecule has 2 N–H and O–H groups in total. The summed E-state index contributed by atoms with van der Waals surface area (Å²) in [7, 11) is -3.52. The first-order valence-electron chi connectivity index (χ1n) is 8.64. The molecular formula is C19H23ClN2O4S. The summed E-state index contributed by atoms with van der Waals surface area (Å²) in [6, 6.07) is 13.1. The van der Waals surface area contributed by atoms with Gasteiger partial charge in [0.15, 0.2) is 6.61 Å². The van der Waals surface area contributed by atoms with Crippen molar-refractivity contribution in [1.82, 2.24) is 10.0 Å². The maximum Gasteiger partial charge on any atom is 0.258 e. The molecule has 0 aromatic heterocycles. The van der Waals surface area contributed by atoms with Crippen LogP contribution < -0.4 is 14.8 Å². The van der Waals surface area contributed by atoms with Crippen LogP contribution in [0.5, 0.6) is 5.75 Å². The highest BCUT2D eigenvalue weighted by Crippen LogP contribution is 2.16. The van der Waals surface area contributed by atoms with Gasteiger partial charge < -0.3 is 10.1 Å². The summed E-state index contributed by atoms with van der Waals surface area (Å²) in [5.41, 5.74) is 0.929. The van der Waals surface area contributed by atoms with Crippen molar-refractivity contribution in [2.24, 2.45) is 0 Å². The van der Waals surface area contributed by atoms with Gasteiger partial charge in [0, 0.05) is 18.1 Å². The molecule has 0 atom stereocenters. The molecule has 6 nitrogen and oxygen atoms in total. The van der Waals surface area contributed by atoms with Crippen LogP contribution in [0.25, 0.3) is 0 Å². The van der Waals surface area contributed by atoms with Gasteiger partial charge in [-0.1, -0.05) is 37.1 Å². The van der Waals surface area contributed by atoms with Crippen LogP contribution in [0.4, 0.5) is 0 Å². The number of halogens is 1. The molecule has 2 rings (SSSR count). The summed E-state index contributed by atoms with van der Waals surface area (Å²) in [6.45, 7) is 2.62. The van der Waals surface area contributed by atoms with E-state index in [1.807, 2.05) is 19.1 Å². The number of sulfonamides is 1. The van der Waals surface area contributed by atoms with Gasteiger partial charge in [-0.05, 0) is 48.4 Å². The Hall–Kier alpha value is -2.09. The number of nitrogens with one attached hydrogen (secondary N) is 2. The standard InChI is InChI=1S/C19H23ClN2O4S/c1-2-3-12-22-27(24,25)18-10-8-17(9-11-18)26-14-19(23)21-13-15-4-6-16(20)7-5-15/h4-11,22H,2-3,12-14H2,1H3,(H,21,23). The molecule has 0 aliphatic carbocycles. The van der Waals surface area contributed by atoms with Crippen molar-refractivity contribution in [2.45, 2.75) is 31.2 Å². The van der Waals surface area contributed by atoms with Gasteiger partial charge in [0.05, 0.1) is 4.90 Å². The molecule has 1 amide bonds. The fraction of sp³-hybridized carbons (Fsp3) is 0.316. The Morgan fingerprint density at radius 1 is 1.07 bits per heavy atom. The van der Waals surface area contributed by atoms with Crippen molar-refractivity contribution in [3.05, 3.63) is 59.1 Å². The number of hydrogen-bond donors (Lipinski definition) is 2. The van der Waals surface area contributed by atoms with E-state index in [2.05, 4.69) is 10.0 Å². The molecule has 146 valence electrons. The van der Waals surface area contributed by atoms with E-state index in [1.54, 1.807) is 12.1 Å². The molecular weight excluding hydrogens is 388 g/mol. The Morgan fingerprint density at radius 2 is 1.74 bits per heavy atom. The predicted octanol–water partition coefficient (Wildman–Crippen LogP) is 3.11. The molecule has 0 bridgehead atoms. The van der Waals surface area contributed by atoms with Crippen LogP contribution in [0.3, 0.4) is 0 Å². The SMILES string of the molecule is CCCCNS(=O)(=O)c1ccc(OCC(=O)NCc2ccc(Cl)cc2)cc1. The summed E-state index contributed by atoms with van der Waals surface area (Å²) in [5.74, 6) is 0.145. The van der Waals surface area contributed by atoms with Crippen LogP contribution >= 0.6 is 11.6 Å². The molecule has 0 saturated carbocycles. The van der Waals surface area contributed by atoms with Gasteiger partial charge in [0.1, 0.15) is 5.75 Å². The Morgan fingerprint density at radius 3 is 2.37 bits per heavy atom. The molecule has 0 aliphatic rings. The van der Waals surface area contributed by atoms with E-state index in [1.165, 1.54) is 24.3 Å². The van der Waals surface area contributed by atoms with Crippen molar-refractivity contribution in [2.75, 3.05) is 13.2 Å². The van der Waals surface area contributed by atoms with Crippen LogP contribution in [0.1, 0.15) is 25.3 Å². The first-order chi connectivity index (χ1) is 12.9. The number of carbonyl (C=O) groups excluding carboxylic acids is 1. The zero-order valence-corrected chi connectivity index (χ0v) is 16.6. The van der Waals surface area contributed by atoms with Gasteiger partial charge >= 0.3 is 0 Å². The average Bonchev–Trinajstić information content (AvgIpc) is 2.66. The summed E-state index contributed by atoms with van der Waals surface area (Å²) in [4.78, 5) is 12.0. The van der Waals surface area contributed by atoms with E-state index in [9.17, 15) is 13.2 Å². The van der Waals surface area contributed by atoms with E-state index in [0.29, 0.717) is 23.9 Å². The molecule has 0 fully saturated rings. The summed E-state index contributed by atoms with van der Waals surface area (Å²) in [6.07, 6.45) is 1.70. The third kappa shape index (κ3) is 7.21. The number of rotatable bonds is 10. The molecule has 0 unspecified atom stereocenters. The second kappa shape index (κ2) is 10.3. The van der Waals surface area contributed by atoms with Gasteiger partial charge in [-0.3, -0.25) is 4.79 Å². The lowest BCUT2D eigenvalue weighted by molar-refractivity contribution is -0.123. The number of hydrogen-bond acceptors (Lipinski definition) is 4. The second-order valence-corrected chi connectivity index (χ2v) is 8.12. The first-order valence-corrected chi connectivity index (χ1v) is 10.5. The number of ether oxygens (including phenoxy) is 1. The molecule has 27 heavy (non-hydrogen) atoms. The monoisotopic (exact) mass is 410 g/mol. The van der Waals surface area contributed by atoms with Crippen LogP contribution in [-0.4, -0.2) is 27.5 Å². The second-order valence-electron chi connectivity index (χ2n) is 5.91. The van der Waals surface area contributed by atoms with Crippen molar-refractivity contribution < 1.29 is 17.9 Å². The first kappa shape index (κ1) is 21.2. The van der Waals surface area contributed by atoms with E-state index in [0.717, 1.165) is 18.4 Å². The van der Waals surface area contributed by atoms with Crippen LogP contribution in [0.15, 0.2) is 53.4 Å². The van der Waals surface area contributed by atoms with Gasteiger partial charge in [-0.25, -0.2) is 13.1 Å². The van der Waals surface area contributed by atoms with Crippen LogP contribution in [0, 0.1) is 0 Å². The van der Waals surface area contributed by atoms with Crippen molar-refractivity contribution in [3.8, 4) is 5.75 Å². The zero-order valence-electron chi connectivity index (χ0n) is 15.1. The highest BCUT2D eigenvalue weighted by molar-refractivity contribution is 7.89. The minimum Gasteiger partial charge on any atom is -0.484 e.